The molecule has 6 heteroatoms. The van der Waals surface area contributed by atoms with Crippen LogP contribution in [0.2, 0.25) is 0 Å². The van der Waals surface area contributed by atoms with Crippen LogP contribution >= 0.6 is 0 Å². The van der Waals surface area contributed by atoms with E-state index in [-0.39, 0.29) is 22.4 Å². The van der Waals surface area contributed by atoms with Gasteiger partial charge in [-0.3, -0.25) is 9.59 Å². The topological polar surface area (TPSA) is 81.7 Å². The molecule has 0 spiro atoms. The van der Waals surface area contributed by atoms with Crippen molar-refractivity contribution in [1.82, 2.24) is 5.32 Å². The fourth-order valence-corrected chi connectivity index (χ4v) is 2.76. The van der Waals surface area contributed by atoms with Gasteiger partial charge in [0.25, 0.3) is 5.91 Å². The van der Waals surface area contributed by atoms with E-state index < -0.39 is 5.91 Å². The van der Waals surface area contributed by atoms with Crippen LogP contribution in [0.5, 0.6) is 5.75 Å². The highest BCUT2D eigenvalue weighted by molar-refractivity contribution is 5.97. The highest BCUT2D eigenvalue weighted by Gasteiger charge is 2.17. The summed E-state index contributed by atoms with van der Waals surface area (Å²) in [6, 6.07) is 15.7. The molecule has 0 aliphatic heterocycles. The third-order valence-electron chi connectivity index (χ3n) is 4.09. The van der Waals surface area contributed by atoms with E-state index in [9.17, 15) is 9.59 Å². The molecule has 26 heavy (non-hydrogen) atoms. The number of hydrogen-bond donors (Lipinski definition) is 1. The summed E-state index contributed by atoms with van der Waals surface area (Å²) in [5, 5.41) is 3.45. The number of benzene rings is 2. The van der Waals surface area contributed by atoms with Gasteiger partial charge in [-0.15, -0.1) is 0 Å². The first-order valence-corrected chi connectivity index (χ1v) is 8.02. The average Bonchev–Trinajstić information content (AvgIpc) is 3.11. The zero-order valence-electron chi connectivity index (χ0n) is 13.9. The highest BCUT2D eigenvalue weighted by Crippen LogP contribution is 2.21. The van der Waals surface area contributed by atoms with Crippen molar-refractivity contribution in [3.63, 3.8) is 0 Å². The highest BCUT2D eigenvalue weighted by atomic mass is 16.5. The molecular weight excluding hydrogens is 334 g/mol. The van der Waals surface area contributed by atoms with Crippen LogP contribution in [-0.4, -0.2) is 13.0 Å². The molecule has 0 aliphatic carbocycles. The molecule has 1 amide bonds. The van der Waals surface area contributed by atoms with Gasteiger partial charge in [0.05, 0.1) is 12.5 Å². The van der Waals surface area contributed by atoms with Gasteiger partial charge >= 0.3 is 5.78 Å². The minimum Gasteiger partial charge on any atom is -0.497 e. The minimum atomic E-state index is -0.428. The predicted molar refractivity (Wildman–Crippen MR) is 96.4 cm³/mol. The first-order chi connectivity index (χ1) is 12.7. The zero-order chi connectivity index (χ0) is 18.1. The number of methoxy groups -OCH3 is 1. The van der Waals surface area contributed by atoms with E-state index in [1.54, 1.807) is 31.4 Å². The summed E-state index contributed by atoms with van der Waals surface area (Å²) in [6.07, 6.45) is 0. The number of fused-ring (bicyclic) bond motifs is 2. The molecule has 0 radical (unpaired) electrons. The van der Waals surface area contributed by atoms with E-state index in [1.807, 2.05) is 24.3 Å². The van der Waals surface area contributed by atoms with Crippen LogP contribution in [0.1, 0.15) is 16.1 Å². The van der Waals surface area contributed by atoms with E-state index in [0.717, 1.165) is 5.56 Å². The molecule has 4 rings (SSSR count). The second-order valence-corrected chi connectivity index (χ2v) is 5.77. The third-order valence-corrected chi connectivity index (χ3v) is 4.09. The van der Waals surface area contributed by atoms with Crippen molar-refractivity contribution >= 4 is 28.0 Å². The van der Waals surface area contributed by atoms with Crippen LogP contribution < -0.4 is 15.5 Å². The summed E-state index contributed by atoms with van der Waals surface area (Å²) < 4.78 is 16.2. The first-order valence-electron chi connectivity index (χ1n) is 8.02. The quantitative estimate of drug-likeness (QED) is 0.610. The van der Waals surface area contributed by atoms with E-state index in [0.29, 0.717) is 23.3 Å². The molecule has 0 aliphatic rings. The van der Waals surface area contributed by atoms with E-state index >= 15 is 0 Å². The fourth-order valence-electron chi connectivity index (χ4n) is 2.76. The second-order valence-electron chi connectivity index (χ2n) is 5.77. The Kier molecular flexibility index (Phi) is 3.93. The molecule has 0 fully saturated rings. The lowest BCUT2D eigenvalue weighted by atomic mass is 10.2. The van der Waals surface area contributed by atoms with Gasteiger partial charge in [-0.05, 0) is 29.8 Å². The number of para-hydroxylation sites is 1. The van der Waals surface area contributed by atoms with Crippen LogP contribution in [0, 0.1) is 0 Å². The molecule has 2 aromatic carbocycles. The molecule has 4 aromatic rings. The smallest absolute Gasteiger partial charge is 0.302 e. The molecule has 0 unspecified atom stereocenters. The summed E-state index contributed by atoms with van der Waals surface area (Å²) in [4.78, 5) is 24.9. The van der Waals surface area contributed by atoms with Gasteiger partial charge in [-0.2, -0.15) is 0 Å². The number of amides is 1. The number of carbonyl (C=O) groups excluding carboxylic acids is 1. The molecule has 0 atom stereocenters. The van der Waals surface area contributed by atoms with Gasteiger partial charge in [0.15, 0.2) is 5.76 Å². The van der Waals surface area contributed by atoms with Gasteiger partial charge in [-0.25, -0.2) is 0 Å². The number of ether oxygens (including phenoxy) is 1. The predicted octanol–water partition coefficient (Wildman–Crippen LogP) is 3.48. The minimum absolute atomic E-state index is 0.0269. The monoisotopic (exact) mass is 349 g/mol. The van der Waals surface area contributed by atoms with Crippen molar-refractivity contribution in [2.24, 2.45) is 0 Å². The van der Waals surface area contributed by atoms with Crippen molar-refractivity contribution in [1.29, 1.82) is 0 Å². The molecule has 2 aromatic heterocycles. The normalized spacial score (nSPS) is 11.0. The maximum Gasteiger partial charge on any atom is 0.302 e. The molecule has 2 heterocycles. The standard InChI is InChI=1S/C20H15NO5/c1-24-13-6-4-5-12(9-13)11-21-19(23)17-10-15-18(22)14-7-2-3-8-16(14)25-20(15)26-17/h2-10H,11H2,1H3,(H,21,23). The van der Waals surface area contributed by atoms with Gasteiger partial charge in [-0.1, -0.05) is 24.3 Å². The Hall–Kier alpha value is -3.54. The van der Waals surface area contributed by atoms with E-state index in [4.69, 9.17) is 13.6 Å². The maximum atomic E-state index is 12.5. The Balaban J connectivity index is 1.61. The molecule has 6 nitrogen and oxygen atoms in total. The number of carbonyl (C=O) groups is 1. The van der Waals surface area contributed by atoms with Crippen LogP contribution in [0.4, 0.5) is 0 Å². The van der Waals surface area contributed by atoms with Crippen molar-refractivity contribution < 1.29 is 18.4 Å². The molecular formula is C20H15NO5. The Morgan fingerprint density at radius 2 is 1.88 bits per heavy atom. The third kappa shape index (κ3) is 2.82. The molecule has 0 saturated heterocycles. The average molecular weight is 349 g/mol. The Morgan fingerprint density at radius 3 is 2.73 bits per heavy atom. The van der Waals surface area contributed by atoms with Crippen molar-refractivity contribution in [3.8, 4) is 5.75 Å². The van der Waals surface area contributed by atoms with Gasteiger partial charge in [0.2, 0.25) is 5.43 Å². The largest absolute Gasteiger partial charge is 0.497 e. The maximum absolute atomic E-state index is 12.5. The van der Waals surface area contributed by atoms with Crippen molar-refractivity contribution in [2.75, 3.05) is 7.11 Å². The lowest BCUT2D eigenvalue weighted by molar-refractivity contribution is 0.0923. The summed E-state index contributed by atoms with van der Waals surface area (Å²) in [7, 11) is 1.58. The molecule has 1 N–H and O–H groups in total. The number of furan rings is 1. The Labute approximate surface area is 148 Å². The van der Waals surface area contributed by atoms with E-state index in [1.165, 1.54) is 6.07 Å². The first kappa shape index (κ1) is 16.0. The van der Waals surface area contributed by atoms with Gasteiger partial charge in [0, 0.05) is 12.6 Å². The lowest BCUT2D eigenvalue weighted by Gasteiger charge is -2.05. The second kappa shape index (κ2) is 6.40. The lowest BCUT2D eigenvalue weighted by Crippen LogP contribution is -2.22. The summed E-state index contributed by atoms with van der Waals surface area (Å²) in [6.45, 7) is 0.302. The van der Waals surface area contributed by atoms with Gasteiger partial charge < -0.3 is 18.9 Å². The molecule has 0 saturated carbocycles. The van der Waals surface area contributed by atoms with Crippen LogP contribution in [0.3, 0.4) is 0 Å². The van der Waals surface area contributed by atoms with Crippen molar-refractivity contribution in [2.45, 2.75) is 6.54 Å². The van der Waals surface area contributed by atoms with Crippen LogP contribution in [-0.2, 0) is 6.54 Å². The summed E-state index contributed by atoms with van der Waals surface area (Å²) >= 11 is 0. The summed E-state index contributed by atoms with van der Waals surface area (Å²) in [5.41, 5.74) is 1.08. The molecule has 0 bridgehead atoms. The van der Waals surface area contributed by atoms with Gasteiger partial charge in [0.1, 0.15) is 16.7 Å². The fraction of sp³-hybridized carbons (Fsp3) is 0.100. The molecule has 130 valence electrons. The Morgan fingerprint density at radius 1 is 1.04 bits per heavy atom. The number of hydrogen-bond acceptors (Lipinski definition) is 5. The summed E-state index contributed by atoms with van der Waals surface area (Å²) in [5.74, 6) is 0.351. The van der Waals surface area contributed by atoms with Crippen molar-refractivity contribution in [3.05, 3.63) is 76.1 Å². The van der Waals surface area contributed by atoms with E-state index in [2.05, 4.69) is 5.32 Å². The number of rotatable bonds is 4. The number of nitrogens with one attached hydrogen (secondary N) is 1. The Bertz CT molecular complexity index is 1170. The van der Waals surface area contributed by atoms with Crippen LogP contribution in [0.25, 0.3) is 22.1 Å². The SMILES string of the molecule is COc1cccc(CNC(=O)c2cc3c(=O)c4ccccc4oc3o2)c1. The zero-order valence-corrected chi connectivity index (χ0v) is 13.9. The van der Waals surface area contributed by atoms with Crippen LogP contribution in [0.15, 0.2) is 68.2 Å².